The minimum atomic E-state index is -0.161. The molecule has 0 aliphatic rings. The van der Waals surface area contributed by atoms with Crippen molar-refractivity contribution in [2.24, 2.45) is 0 Å². The number of methoxy groups -OCH3 is 2. The van der Waals surface area contributed by atoms with Crippen LogP contribution in [0.5, 0.6) is 11.5 Å². The summed E-state index contributed by atoms with van der Waals surface area (Å²) in [6.45, 7) is 2.64. The number of hydrogen-bond donors (Lipinski definition) is 2. The van der Waals surface area contributed by atoms with Gasteiger partial charge in [-0.1, -0.05) is 11.2 Å². The summed E-state index contributed by atoms with van der Waals surface area (Å²) < 4.78 is 15.3. The number of benzene rings is 1. The molecule has 2 N–H and O–H groups in total. The Balaban J connectivity index is 1.73. The van der Waals surface area contributed by atoms with Gasteiger partial charge in [0, 0.05) is 6.07 Å². The highest BCUT2D eigenvalue weighted by atomic mass is 16.5. The fourth-order valence-electron chi connectivity index (χ4n) is 2.08. The van der Waals surface area contributed by atoms with Crippen molar-refractivity contribution >= 4 is 11.7 Å². The van der Waals surface area contributed by atoms with Crippen LogP contribution < -0.4 is 20.1 Å². The zero-order chi connectivity index (χ0) is 16.7. The van der Waals surface area contributed by atoms with Gasteiger partial charge in [0.2, 0.25) is 5.91 Å². The average Bonchev–Trinajstić information content (AvgIpc) is 2.96. The Bertz CT molecular complexity index is 655. The van der Waals surface area contributed by atoms with Crippen LogP contribution in [0.15, 0.2) is 28.8 Å². The van der Waals surface area contributed by atoms with Gasteiger partial charge in [-0.2, -0.15) is 0 Å². The monoisotopic (exact) mass is 319 g/mol. The Kier molecular flexibility index (Phi) is 5.99. The molecule has 2 rings (SSSR count). The van der Waals surface area contributed by atoms with Gasteiger partial charge in [0.15, 0.2) is 17.3 Å². The van der Waals surface area contributed by atoms with Crippen molar-refractivity contribution < 1.29 is 18.8 Å². The molecule has 0 spiro atoms. The number of aryl methyl sites for hydroxylation is 1. The van der Waals surface area contributed by atoms with Gasteiger partial charge in [0.05, 0.1) is 20.8 Å². The molecule has 2 aromatic rings. The van der Waals surface area contributed by atoms with E-state index in [1.54, 1.807) is 27.2 Å². The summed E-state index contributed by atoms with van der Waals surface area (Å²) in [6, 6.07) is 7.44. The van der Waals surface area contributed by atoms with E-state index in [4.69, 9.17) is 14.0 Å². The fourth-order valence-corrected chi connectivity index (χ4v) is 2.08. The van der Waals surface area contributed by atoms with Gasteiger partial charge in [-0.25, -0.2) is 0 Å². The van der Waals surface area contributed by atoms with E-state index >= 15 is 0 Å². The van der Waals surface area contributed by atoms with E-state index in [0.717, 1.165) is 12.0 Å². The van der Waals surface area contributed by atoms with Crippen molar-refractivity contribution in [2.75, 3.05) is 32.6 Å². The van der Waals surface area contributed by atoms with E-state index in [0.29, 0.717) is 29.6 Å². The second-order valence-electron chi connectivity index (χ2n) is 4.99. The second-order valence-corrected chi connectivity index (χ2v) is 4.99. The van der Waals surface area contributed by atoms with Crippen molar-refractivity contribution in [3.63, 3.8) is 0 Å². The lowest BCUT2D eigenvalue weighted by Gasteiger charge is -2.10. The normalized spacial score (nSPS) is 10.4. The molecular formula is C16H21N3O4. The Morgan fingerprint density at radius 3 is 2.65 bits per heavy atom. The quantitative estimate of drug-likeness (QED) is 0.721. The molecule has 0 aliphatic heterocycles. The van der Waals surface area contributed by atoms with Crippen LogP contribution in [0.3, 0.4) is 0 Å². The fraction of sp³-hybridized carbons (Fsp3) is 0.375. The summed E-state index contributed by atoms with van der Waals surface area (Å²) in [6.07, 6.45) is 0.775. The molecular weight excluding hydrogens is 298 g/mol. The summed E-state index contributed by atoms with van der Waals surface area (Å²) in [5, 5.41) is 9.44. The van der Waals surface area contributed by atoms with Gasteiger partial charge in [-0.05, 0) is 37.6 Å². The van der Waals surface area contributed by atoms with Crippen LogP contribution in [0, 0.1) is 6.92 Å². The minimum Gasteiger partial charge on any atom is -0.493 e. The van der Waals surface area contributed by atoms with Crippen LogP contribution in [0.1, 0.15) is 11.3 Å². The molecule has 0 unspecified atom stereocenters. The molecule has 1 aromatic heterocycles. The van der Waals surface area contributed by atoms with E-state index < -0.39 is 0 Å². The van der Waals surface area contributed by atoms with Gasteiger partial charge in [-0.15, -0.1) is 0 Å². The van der Waals surface area contributed by atoms with Crippen LogP contribution in [-0.2, 0) is 11.2 Å². The first kappa shape index (κ1) is 16.8. The van der Waals surface area contributed by atoms with Crippen LogP contribution in [-0.4, -0.2) is 38.4 Å². The molecule has 1 heterocycles. The number of ether oxygens (including phenoxy) is 2. The van der Waals surface area contributed by atoms with E-state index in [1.165, 1.54) is 0 Å². The van der Waals surface area contributed by atoms with Crippen molar-refractivity contribution in [1.29, 1.82) is 0 Å². The third-order valence-corrected chi connectivity index (χ3v) is 3.22. The van der Waals surface area contributed by atoms with Crippen molar-refractivity contribution in [3.05, 3.63) is 35.6 Å². The Labute approximate surface area is 134 Å². The highest BCUT2D eigenvalue weighted by molar-refractivity contribution is 5.91. The molecule has 1 amide bonds. The number of nitrogens with one attached hydrogen (secondary N) is 2. The highest BCUT2D eigenvalue weighted by Gasteiger charge is 2.07. The SMILES string of the molecule is COc1ccc(CCNCC(=O)Nc2cc(C)on2)cc1OC. The molecule has 0 radical (unpaired) electrons. The maximum Gasteiger partial charge on any atom is 0.239 e. The lowest BCUT2D eigenvalue weighted by Crippen LogP contribution is -2.29. The Hall–Kier alpha value is -2.54. The van der Waals surface area contributed by atoms with Crippen molar-refractivity contribution in [1.82, 2.24) is 10.5 Å². The van der Waals surface area contributed by atoms with E-state index in [1.807, 2.05) is 18.2 Å². The first-order valence-electron chi connectivity index (χ1n) is 7.27. The molecule has 23 heavy (non-hydrogen) atoms. The average molecular weight is 319 g/mol. The summed E-state index contributed by atoms with van der Waals surface area (Å²) in [4.78, 5) is 11.7. The van der Waals surface area contributed by atoms with Gasteiger partial charge in [0.1, 0.15) is 5.76 Å². The smallest absolute Gasteiger partial charge is 0.239 e. The summed E-state index contributed by atoms with van der Waals surface area (Å²) >= 11 is 0. The molecule has 7 heteroatoms. The maximum absolute atomic E-state index is 11.7. The number of anilines is 1. The van der Waals surface area contributed by atoms with E-state index in [-0.39, 0.29) is 12.5 Å². The van der Waals surface area contributed by atoms with Crippen molar-refractivity contribution in [2.45, 2.75) is 13.3 Å². The molecule has 0 aliphatic carbocycles. The predicted molar refractivity (Wildman–Crippen MR) is 86.0 cm³/mol. The molecule has 7 nitrogen and oxygen atoms in total. The number of rotatable bonds is 8. The van der Waals surface area contributed by atoms with Crippen LogP contribution in [0.25, 0.3) is 0 Å². The first-order chi connectivity index (χ1) is 11.1. The Morgan fingerprint density at radius 1 is 1.22 bits per heavy atom. The standard InChI is InChI=1S/C16H21N3O4/c1-11-8-15(19-23-11)18-16(20)10-17-7-6-12-4-5-13(21-2)14(9-12)22-3/h4-5,8-9,17H,6-7,10H2,1-3H3,(H,18,19,20). The van der Waals surface area contributed by atoms with Gasteiger partial charge in [-0.3, -0.25) is 4.79 Å². The Morgan fingerprint density at radius 2 is 2.00 bits per heavy atom. The molecule has 0 saturated carbocycles. The van der Waals surface area contributed by atoms with Gasteiger partial charge in [0.25, 0.3) is 0 Å². The first-order valence-corrected chi connectivity index (χ1v) is 7.27. The summed E-state index contributed by atoms with van der Waals surface area (Å²) in [7, 11) is 3.21. The molecule has 0 atom stereocenters. The lowest BCUT2D eigenvalue weighted by molar-refractivity contribution is -0.115. The molecule has 0 fully saturated rings. The van der Waals surface area contributed by atoms with Crippen LogP contribution >= 0.6 is 0 Å². The molecule has 1 aromatic carbocycles. The third-order valence-electron chi connectivity index (χ3n) is 3.22. The zero-order valence-electron chi connectivity index (χ0n) is 13.5. The van der Waals surface area contributed by atoms with E-state index in [2.05, 4.69) is 15.8 Å². The topological polar surface area (TPSA) is 85.6 Å². The number of carbonyl (C=O) groups excluding carboxylic acids is 1. The number of nitrogens with zero attached hydrogens (tertiary/aromatic N) is 1. The highest BCUT2D eigenvalue weighted by Crippen LogP contribution is 2.27. The van der Waals surface area contributed by atoms with E-state index in [9.17, 15) is 4.79 Å². The van der Waals surface area contributed by atoms with Crippen LogP contribution in [0.2, 0.25) is 0 Å². The molecule has 124 valence electrons. The van der Waals surface area contributed by atoms with Crippen LogP contribution in [0.4, 0.5) is 5.82 Å². The zero-order valence-corrected chi connectivity index (χ0v) is 13.5. The number of hydrogen-bond acceptors (Lipinski definition) is 6. The lowest BCUT2D eigenvalue weighted by atomic mass is 10.1. The van der Waals surface area contributed by atoms with Gasteiger partial charge < -0.3 is 24.6 Å². The third kappa shape index (κ3) is 5.00. The molecule has 0 saturated heterocycles. The number of carbonyl (C=O) groups is 1. The van der Waals surface area contributed by atoms with Crippen molar-refractivity contribution in [3.8, 4) is 11.5 Å². The maximum atomic E-state index is 11.7. The summed E-state index contributed by atoms with van der Waals surface area (Å²) in [5.74, 6) is 2.32. The minimum absolute atomic E-state index is 0.161. The summed E-state index contributed by atoms with van der Waals surface area (Å²) in [5.41, 5.74) is 1.10. The second kappa shape index (κ2) is 8.19. The van der Waals surface area contributed by atoms with Gasteiger partial charge >= 0.3 is 0 Å². The molecule has 0 bridgehead atoms. The predicted octanol–water partition coefficient (Wildman–Crippen LogP) is 1.77. The number of amides is 1. The largest absolute Gasteiger partial charge is 0.493 e. The number of aromatic nitrogens is 1.